The summed E-state index contributed by atoms with van der Waals surface area (Å²) in [6.07, 6.45) is 3.97. The summed E-state index contributed by atoms with van der Waals surface area (Å²) in [5.74, 6) is 1.65. The average Bonchev–Trinajstić information content (AvgIpc) is 2.24. The van der Waals surface area contributed by atoms with Crippen LogP contribution in [-0.2, 0) is 4.74 Å². The second kappa shape index (κ2) is 10.4. The highest BCUT2D eigenvalue weighted by atomic mass is 32.2. The van der Waals surface area contributed by atoms with E-state index in [9.17, 15) is 0 Å². The number of aliphatic hydroxyl groups is 1. The molecule has 0 spiro atoms. The van der Waals surface area contributed by atoms with Gasteiger partial charge in [0.05, 0.1) is 0 Å². The fourth-order valence-corrected chi connectivity index (χ4v) is 2.39. The summed E-state index contributed by atoms with van der Waals surface area (Å²) in [7, 11) is 1.74. The molecule has 0 aromatic rings. The number of thioether (sulfide) groups is 1. The van der Waals surface area contributed by atoms with Gasteiger partial charge < -0.3 is 15.2 Å². The van der Waals surface area contributed by atoms with Gasteiger partial charge in [-0.3, -0.25) is 0 Å². The molecule has 98 valence electrons. The van der Waals surface area contributed by atoms with Gasteiger partial charge in [0.1, 0.15) is 0 Å². The first kappa shape index (κ1) is 16.2. The van der Waals surface area contributed by atoms with Gasteiger partial charge in [-0.25, -0.2) is 0 Å². The maximum absolute atomic E-state index is 9.02. The van der Waals surface area contributed by atoms with Gasteiger partial charge in [0, 0.05) is 38.2 Å². The molecule has 0 saturated carbocycles. The van der Waals surface area contributed by atoms with E-state index in [1.54, 1.807) is 7.11 Å². The van der Waals surface area contributed by atoms with Crippen LogP contribution in [0.5, 0.6) is 0 Å². The third-order valence-electron chi connectivity index (χ3n) is 2.73. The first-order chi connectivity index (χ1) is 7.65. The lowest BCUT2D eigenvalue weighted by Gasteiger charge is -2.27. The van der Waals surface area contributed by atoms with E-state index in [2.05, 4.69) is 25.4 Å². The van der Waals surface area contributed by atoms with E-state index < -0.39 is 0 Å². The van der Waals surface area contributed by atoms with Crippen molar-refractivity contribution in [2.24, 2.45) is 5.92 Å². The molecule has 0 aromatic heterocycles. The van der Waals surface area contributed by atoms with Gasteiger partial charge in [-0.15, -0.1) is 0 Å². The highest BCUT2D eigenvalue weighted by Crippen LogP contribution is 2.10. The van der Waals surface area contributed by atoms with E-state index in [4.69, 9.17) is 9.84 Å². The largest absolute Gasteiger partial charge is 0.396 e. The summed E-state index contributed by atoms with van der Waals surface area (Å²) in [5, 5.41) is 12.6. The normalized spacial score (nSPS) is 15.4. The van der Waals surface area contributed by atoms with Crippen LogP contribution in [0.2, 0.25) is 0 Å². The van der Waals surface area contributed by atoms with E-state index in [0.717, 1.165) is 25.2 Å². The predicted octanol–water partition coefficient (Wildman–Crippen LogP) is 1.75. The molecule has 0 heterocycles. The predicted molar refractivity (Wildman–Crippen MR) is 72.1 cm³/mol. The van der Waals surface area contributed by atoms with Crippen LogP contribution in [0.4, 0.5) is 0 Å². The first-order valence-corrected chi connectivity index (χ1v) is 7.39. The van der Waals surface area contributed by atoms with Gasteiger partial charge in [0.25, 0.3) is 0 Å². The van der Waals surface area contributed by atoms with Crippen molar-refractivity contribution in [2.45, 2.75) is 38.8 Å². The Morgan fingerprint density at radius 2 is 2.00 bits per heavy atom. The molecule has 2 atom stereocenters. The number of hydrogen-bond acceptors (Lipinski definition) is 4. The quantitative estimate of drug-likeness (QED) is 0.619. The molecule has 0 rings (SSSR count). The number of aliphatic hydroxyl groups excluding tert-OH is 1. The summed E-state index contributed by atoms with van der Waals surface area (Å²) in [6, 6.07) is 0.882. The zero-order chi connectivity index (χ0) is 12.4. The number of methoxy groups -OCH3 is 1. The van der Waals surface area contributed by atoms with Crippen molar-refractivity contribution in [3.05, 3.63) is 0 Å². The molecule has 0 amide bonds. The maximum Gasteiger partial charge on any atom is 0.0477 e. The van der Waals surface area contributed by atoms with Crippen LogP contribution in [0, 0.1) is 5.92 Å². The monoisotopic (exact) mass is 249 g/mol. The minimum Gasteiger partial charge on any atom is -0.396 e. The maximum atomic E-state index is 9.02. The lowest BCUT2D eigenvalue weighted by atomic mass is 10.00. The van der Waals surface area contributed by atoms with E-state index in [0.29, 0.717) is 18.0 Å². The molecule has 2 N–H and O–H groups in total. The molecule has 4 heteroatoms. The molecular formula is C12H27NO2S. The van der Waals surface area contributed by atoms with Gasteiger partial charge in [-0.2, -0.15) is 11.8 Å². The molecule has 0 aliphatic rings. The van der Waals surface area contributed by atoms with Crippen LogP contribution in [0.3, 0.4) is 0 Å². The van der Waals surface area contributed by atoms with Crippen molar-refractivity contribution in [1.82, 2.24) is 5.32 Å². The first-order valence-electron chi connectivity index (χ1n) is 6.00. The minimum absolute atomic E-state index is 0.257. The molecule has 0 aliphatic heterocycles. The second-order valence-corrected chi connectivity index (χ2v) is 5.37. The average molecular weight is 249 g/mol. The number of hydrogen-bond donors (Lipinski definition) is 2. The number of nitrogens with one attached hydrogen (secondary N) is 1. The summed E-state index contributed by atoms with van der Waals surface area (Å²) in [4.78, 5) is 0. The van der Waals surface area contributed by atoms with Gasteiger partial charge in [-0.1, -0.05) is 13.8 Å². The lowest BCUT2D eigenvalue weighted by Crippen LogP contribution is -2.43. The zero-order valence-corrected chi connectivity index (χ0v) is 11.8. The third-order valence-corrected chi connectivity index (χ3v) is 3.47. The molecule has 16 heavy (non-hydrogen) atoms. The van der Waals surface area contributed by atoms with Gasteiger partial charge >= 0.3 is 0 Å². The molecule has 0 bridgehead atoms. The van der Waals surface area contributed by atoms with Crippen molar-refractivity contribution < 1.29 is 9.84 Å². The molecule has 3 nitrogen and oxygen atoms in total. The second-order valence-electron chi connectivity index (χ2n) is 4.46. The number of rotatable bonds is 10. The molecule has 0 radical (unpaired) electrons. The van der Waals surface area contributed by atoms with Crippen molar-refractivity contribution in [2.75, 3.05) is 32.3 Å². The topological polar surface area (TPSA) is 41.5 Å². The summed E-state index contributed by atoms with van der Waals surface area (Å²) < 4.78 is 5.13. The smallest absolute Gasteiger partial charge is 0.0477 e. The van der Waals surface area contributed by atoms with Gasteiger partial charge in [0.15, 0.2) is 0 Å². The molecule has 0 aromatic carbocycles. The fraction of sp³-hybridized carbons (Fsp3) is 1.00. The molecule has 0 fully saturated rings. The Balaban J connectivity index is 4.09. The zero-order valence-electron chi connectivity index (χ0n) is 11.0. The third kappa shape index (κ3) is 7.49. The Hall–Kier alpha value is 0.230. The van der Waals surface area contributed by atoms with Crippen LogP contribution in [0.1, 0.15) is 26.7 Å². The Morgan fingerprint density at radius 1 is 1.31 bits per heavy atom. The Morgan fingerprint density at radius 3 is 2.44 bits per heavy atom. The van der Waals surface area contributed by atoms with E-state index in [1.165, 1.54) is 0 Å². The molecule has 0 saturated heterocycles. The van der Waals surface area contributed by atoms with Crippen molar-refractivity contribution in [3.63, 3.8) is 0 Å². The van der Waals surface area contributed by atoms with Crippen LogP contribution in [-0.4, -0.2) is 49.5 Å². The molecule has 2 unspecified atom stereocenters. The Kier molecular flexibility index (Phi) is 10.5. The van der Waals surface area contributed by atoms with Crippen LogP contribution in [0.25, 0.3) is 0 Å². The van der Waals surface area contributed by atoms with Crippen LogP contribution >= 0.6 is 11.8 Å². The van der Waals surface area contributed by atoms with Gasteiger partial charge in [0.2, 0.25) is 0 Å². The molecular weight excluding hydrogens is 222 g/mol. The van der Waals surface area contributed by atoms with Gasteiger partial charge in [-0.05, 0) is 25.0 Å². The van der Waals surface area contributed by atoms with Crippen LogP contribution in [0.15, 0.2) is 0 Å². The fourth-order valence-electron chi connectivity index (χ4n) is 1.73. The van der Waals surface area contributed by atoms with E-state index in [-0.39, 0.29) is 6.61 Å². The standard InChI is InChI=1S/C12H27NO2S/c1-10(2)12(6-8-15-3)13-11(5-7-14)9-16-4/h10-14H,5-9H2,1-4H3. The van der Waals surface area contributed by atoms with Crippen molar-refractivity contribution in [1.29, 1.82) is 0 Å². The van der Waals surface area contributed by atoms with Crippen molar-refractivity contribution in [3.8, 4) is 0 Å². The highest BCUT2D eigenvalue weighted by Gasteiger charge is 2.17. The summed E-state index contributed by atoms with van der Waals surface area (Å²) in [5.41, 5.74) is 0. The summed E-state index contributed by atoms with van der Waals surface area (Å²) >= 11 is 1.82. The van der Waals surface area contributed by atoms with Crippen LogP contribution < -0.4 is 5.32 Å². The minimum atomic E-state index is 0.257. The van der Waals surface area contributed by atoms with E-state index >= 15 is 0 Å². The Bertz CT molecular complexity index is 150. The SMILES string of the molecule is COCCC(NC(CCO)CSC)C(C)C. The highest BCUT2D eigenvalue weighted by molar-refractivity contribution is 7.98. The number of ether oxygens (including phenoxy) is 1. The lowest BCUT2D eigenvalue weighted by molar-refractivity contribution is 0.168. The molecule has 0 aliphatic carbocycles. The van der Waals surface area contributed by atoms with Crippen molar-refractivity contribution >= 4 is 11.8 Å². The summed E-state index contributed by atoms with van der Waals surface area (Å²) in [6.45, 7) is 5.50. The Labute approximate surface area is 104 Å². The van der Waals surface area contributed by atoms with E-state index in [1.807, 2.05) is 11.8 Å².